The Morgan fingerprint density at radius 3 is 2.48 bits per heavy atom. The van der Waals surface area contributed by atoms with Crippen molar-refractivity contribution in [1.29, 1.82) is 0 Å². The summed E-state index contributed by atoms with van der Waals surface area (Å²) < 4.78 is 17.7. The van der Waals surface area contributed by atoms with Gasteiger partial charge in [0.25, 0.3) is 0 Å². The summed E-state index contributed by atoms with van der Waals surface area (Å²) >= 11 is 1.61. The van der Waals surface area contributed by atoms with Crippen LogP contribution in [-0.2, 0) is 13.1 Å². The third kappa shape index (κ3) is 4.71. The molecule has 0 aliphatic rings. The average molecular weight is 407 g/mol. The Morgan fingerprint density at radius 2 is 1.79 bits per heavy atom. The molecule has 4 nitrogen and oxygen atoms in total. The van der Waals surface area contributed by atoms with Crippen molar-refractivity contribution in [3.05, 3.63) is 88.3 Å². The van der Waals surface area contributed by atoms with E-state index in [0.29, 0.717) is 0 Å². The fourth-order valence-electron chi connectivity index (χ4n) is 3.44. The molecular formula is C23H23FN4S. The predicted octanol–water partition coefficient (Wildman–Crippen LogP) is 5.49. The standard InChI is InChI=1S/C23H23FN4S/c1-17-12-18(2)14-21(13-17)26-23-28(10-3-9-27-11-8-25-16-27)22(15-29-23)19-4-6-20(24)7-5-19/h4-8,11-16H,3,9-10H2,1-2H3. The van der Waals surface area contributed by atoms with Crippen LogP contribution < -0.4 is 4.80 Å². The van der Waals surface area contributed by atoms with Crippen molar-refractivity contribution in [2.45, 2.75) is 33.4 Å². The van der Waals surface area contributed by atoms with Crippen LogP contribution >= 0.6 is 11.3 Å². The lowest BCUT2D eigenvalue weighted by Crippen LogP contribution is -2.17. The number of thiazole rings is 1. The molecule has 29 heavy (non-hydrogen) atoms. The van der Waals surface area contributed by atoms with E-state index in [1.807, 2.05) is 24.7 Å². The van der Waals surface area contributed by atoms with E-state index in [0.717, 1.165) is 41.3 Å². The summed E-state index contributed by atoms with van der Waals surface area (Å²) in [5.41, 5.74) is 5.41. The van der Waals surface area contributed by atoms with Gasteiger partial charge in [0.2, 0.25) is 0 Å². The Kier molecular flexibility index (Phi) is 5.71. The summed E-state index contributed by atoms with van der Waals surface area (Å²) in [6, 6.07) is 13.0. The molecule has 0 spiro atoms. The average Bonchev–Trinajstić information content (AvgIpc) is 3.32. The monoisotopic (exact) mass is 406 g/mol. The Balaban J connectivity index is 1.71. The van der Waals surface area contributed by atoms with Crippen molar-refractivity contribution in [2.24, 2.45) is 4.99 Å². The van der Waals surface area contributed by atoms with Crippen LogP contribution in [0.4, 0.5) is 10.1 Å². The van der Waals surface area contributed by atoms with Crippen LogP contribution in [0, 0.1) is 19.7 Å². The van der Waals surface area contributed by atoms with Crippen molar-refractivity contribution in [2.75, 3.05) is 0 Å². The molecule has 0 atom stereocenters. The Morgan fingerprint density at radius 1 is 1.03 bits per heavy atom. The number of aryl methyl sites for hydroxylation is 3. The summed E-state index contributed by atoms with van der Waals surface area (Å²) in [5, 5.41) is 2.10. The maximum absolute atomic E-state index is 13.4. The van der Waals surface area contributed by atoms with Crippen LogP contribution in [0.5, 0.6) is 0 Å². The lowest BCUT2D eigenvalue weighted by Gasteiger charge is -2.10. The maximum Gasteiger partial charge on any atom is 0.190 e. The highest BCUT2D eigenvalue weighted by Gasteiger charge is 2.09. The van der Waals surface area contributed by atoms with Gasteiger partial charge in [-0.05, 0) is 73.4 Å². The molecule has 0 radical (unpaired) electrons. The molecule has 0 aliphatic carbocycles. The molecule has 0 aliphatic heterocycles. The van der Waals surface area contributed by atoms with E-state index < -0.39 is 0 Å². The lowest BCUT2D eigenvalue weighted by atomic mass is 10.1. The van der Waals surface area contributed by atoms with Crippen LogP contribution in [0.2, 0.25) is 0 Å². The molecule has 0 amide bonds. The molecule has 2 aromatic heterocycles. The number of benzene rings is 2. The topological polar surface area (TPSA) is 35.1 Å². The predicted molar refractivity (Wildman–Crippen MR) is 116 cm³/mol. The molecular weight excluding hydrogens is 383 g/mol. The second-order valence-corrected chi connectivity index (χ2v) is 8.01. The zero-order chi connectivity index (χ0) is 20.2. The van der Waals surface area contributed by atoms with E-state index in [-0.39, 0.29) is 5.82 Å². The second-order valence-electron chi connectivity index (χ2n) is 7.17. The minimum absolute atomic E-state index is 0.226. The van der Waals surface area contributed by atoms with Crippen molar-refractivity contribution < 1.29 is 4.39 Å². The quantitative estimate of drug-likeness (QED) is 0.417. The molecule has 0 saturated heterocycles. The summed E-state index contributed by atoms with van der Waals surface area (Å²) in [5.74, 6) is -0.226. The first-order valence-electron chi connectivity index (χ1n) is 9.61. The Labute approximate surface area is 173 Å². The number of halogens is 1. The molecule has 0 N–H and O–H groups in total. The highest BCUT2D eigenvalue weighted by atomic mass is 32.1. The van der Waals surface area contributed by atoms with Crippen molar-refractivity contribution >= 4 is 17.0 Å². The van der Waals surface area contributed by atoms with E-state index in [2.05, 4.69) is 51.5 Å². The first kappa shape index (κ1) is 19.3. The first-order valence-corrected chi connectivity index (χ1v) is 10.5. The SMILES string of the molecule is Cc1cc(C)cc(N=c2scc(-c3ccc(F)cc3)n2CCCn2ccnc2)c1. The number of rotatable bonds is 6. The molecule has 0 bridgehead atoms. The number of nitrogens with zero attached hydrogens (tertiary/aromatic N) is 4. The van der Waals surface area contributed by atoms with Gasteiger partial charge in [-0.1, -0.05) is 6.07 Å². The third-order valence-electron chi connectivity index (χ3n) is 4.73. The minimum atomic E-state index is -0.226. The molecule has 0 unspecified atom stereocenters. The number of hydrogen-bond donors (Lipinski definition) is 0. The number of aromatic nitrogens is 3. The molecule has 0 saturated carbocycles. The van der Waals surface area contributed by atoms with Gasteiger partial charge < -0.3 is 9.13 Å². The molecule has 6 heteroatoms. The number of imidazole rings is 1. The van der Waals surface area contributed by atoms with Crippen LogP contribution in [0.1, 0.15) is 17.5 Å². The molecule has 0 fully saturated rings. The Hall–Kier alpha value is -2.99. The van der Waals surface area contributed by atoms with Gasteiger partial charge in [0.15, 0.2) is 4.80 Å². The normalized spacial score (nSPS) is 11.9. The van der Waals surface area contributed by atoms with Crippen molar-refractivity contribution in [3.8, 4) is 11.3 Å². The summed E-state index contributed by atoms with van der Waals surface area (Å²) in [4.78, 5) is 9.98. The highest BCUT2D eigenvalue weighted by molar-refractivity contribution is 7.07. The van der Waals surface area contributed by atoms with Gasteiger partial charge in [-0.2, -0.15) is 0 Å². The van der Waals surface area contributed by atoms with Gasteiger partial charge in [0.1, 0.15) is 5.82 Å². The van der Waals surface area contributed by atoms with E-state index in [9.17, 15) is 4.39 Å². The van der Waals surface area contributed by atoms with Crippen molar-refractivity contribution in [3.63, 3.8) is 0 Å². The van der Waals surface area contributed by atoms with Gasteiger partial charge in [-0.15, -0.1) is 11.3 Å². The summed E-state index contributed by atoms with van der Waals surface area (Å²) in [6.07, 6.45) is 6.55. The van der Waals surface area contributed by atoms with Crippen LogP contribution in [0.15, 0.2) is 71.6 Å². The smallest absolute Gasteiger partial charge is 0.190 e. The largest absolute Gasteiger partial charge is 0.337 e. The summed E-state index contributed by atoms with van der Waals surface area (Å²) in [7, 11) is 0. The molecule has 4 aromatic rings. The molecule has 148 valence electrons. The summed E-state index contributed by atoms with van der Waals surface area (Å²) in [6.45, 7) is 5.87. The highest BCUT2D eigenvalue weighted by Crippen LogP contribution is 2.22. The van der Waals surface area contributed by atoms with Gasteiger partial charge in [0, 0.05) is 30.9 Å². The zero-order valence-corrected chi connectivity index (χ0v) is 17.4. The second kappa shape index (κ2) is 8.57. The van der Waals surface area contributed by atoms with E-state index in [1.165, 1.54) is 23.3 Å². The number of hydrogen-bond acceptors (Lipinski definition) is 3. The van der Waals surface area contributed by atoms with Gasteiger partial charge >= 0.3 is 0 Å². The van der Waals surface area contributed by atoms with E-state index in [4.69, 9.17) is 4.99 Å². The molecule has 4 rings (SSSR count). The lowest BCUT2D eigenvalue weighted by molar-refractivity contribution is 0.559. The first-order chi connectivity index (χ1) is 14.1. The van der Waals surface area contributed by atoms with Crippen molar-refractivity contribution in [1.82, 2.24) is 14.1 Å². The van der Waals surface area contributed by atoms with E-state index >= 15 is 0 Å². The molecule has 2 heterocycles. The fraction of sp³-hybridized carbons (Fsp3) is 0.217. The van der Waals surface area contributed by atoms with Gasteiger partial charge in [-0.25, -0.2) is 14.4 Å². The zero-order valence-electron chi connectivity index (χ0n) is 16.5. The van der Waals surface area contributed by atoms with Gasteiger partial charge in [0.05, 0.1) is 17.7 Å². The maximum atomic E-state index is 13.4. The van der Waals surface area contributed by atoms with Crippen LogP contribution in [-0.4, -0.2) is 14.1 Å². The van der Waals surface area contributed by atoms with E-state index in [1.54, 1.807) is 17.5 Å². The Bertz CT molecular complexity index is 1130. The fourth-order valence-corrected chi connectivity index (χ4v) is 4.40. The van der Waals surface area contributed by atoms with Crippen LogP contribution in [0.3, 0.4) is 0 Å². The molecule has 2 aromatic carbocycles. The van der Waals surface area contributed by atoms with Crippen LogP contribution in [0.25, 0.3) is 11.3 Å². The van der Waals surface area contributed by atoms with Gasteiger partial charge in [-0.3, -0.25) is 0 Å². The third-order valence-corrected chi connectivity index (χ3v) is 5.59. The minimum Gasteiger partial charge on any atom is -0.337 e.